The lowest BCUT2D eigenvalue weighted by Crippen LogP contribution is -2.06. The Morgan fingerprint density at radius 1 is 1.03 bits per heavy atom. The standard InChI is InChI=1S/C22H18N2O4S/c1-26-14-9-10-19(27-2)16(12-14)18(25)13-29-22-15-6-3-4-7-17(15)23-21(24-22)20-8-5-11-28-20/h3-12H,13H2,1-2H3. The predicted octanol–water partition coefficient (Wildman–Crippen LogP) is 4.88. The van der Waals surface area contributed by atoms with Crippen molar-refractivity contribution in [3.63, 3.8) is 0 Å². The molecule has 0 radical (unpaired) electrons. The first-order chi connectivity index (χ1) is 14.2. The minimum Gasteiger partial charge on any atom is -0.497 e. The second kappa shape index (κ2) is 8.36. The molecule has 0 aliphatic rings. The maximum absolute atomic E-state index is 12.9. The largest absolute Gasteiger partial charge is 0.497 e. The molecule has 4 rings (SSSR count). The highest BCUT2D eigenvalue weighted by molar-refractivity contribution is 8.00. The van der Waals surface area contributed by atoms with Crippen molar-refractivity contribution in [3.8, 4) is 23.1 Å². The Kier molecular flexibility index (Phi) is 5.48. The normalized spacial score (nSPS) is 10.8. The summed E-state index contributed by atoms with van der Waals surface area (Å²) in [5, 5.41) is 1.61. The number of hydrogen-bond donors (Lipinski definition) is 0. The molecular weight excluding hydrogens is 388 g/mol. The number of Topliss-reactive ketones (excluding diaryl/α,β-unsaturated/α-hetero) is 1. The summed E-state index contributed by atoms with van der Waals surface area (Å²) in [6.45, 7) is 0. The number of aromatic nitrogens is 2. The highest BCUT2D eigenvalue weighted by Gasteiger charge is 2.17. The fourth-order valence-electron chi connectivity index (χ4n) is 2.92. The van der Waals surface area contributed by atoms with Crippen LogP contribution in [0.4, 0.5) is 0 Å². The van der Waals surface area contributed by atoms with E-state index in [1.807, 2.05) is 30.3 Å². The van der Waals surface area contributed by atoms with E-state index in [1.54, 1.807) is 44.7 Å². The zero-order chi connectivity index (χ0) is 20.2. The number of benzene rings is 2. The molecule has 0 aliphatic heterocycles. The predicted molar refractivity (Wildman–Crippen MR) is 112 cm³/mol. The maximum atomic E-state index is 12.9. The summed E-state index contributed by atoms with van der Waals surface area (Å²) >= 11 is 1.36. The van der Waals surface area contributed by atoms with Crippen LogP contribution in [0.3, 0.4) is 0 Å². The molecule has 29 heavy (non-hydrogen) atoms. The highest BCUT2D eigenvalue weighted by atomic mass is 32.2. The van der Waals surface area contributed by atoms with Gasteiger partial charge in [-0.25, -0.2) is 9.97 Å². The van der Waals surface area contributed by atoms with Gasteiger partial charge in [-0.05, 0) is 36.4 Å². The number of carbonyl (C=O) groups excluding carboxylic acids is 1. The van der Waals surface area contributed by atoms with E-state index >= 15 is 0 Å². The molecule has 146 valence electrons. The second-order valence-electron chi connectivity index (χ2n) is 6.12. The first-order valence-corrected chi connectivity index (χ1v) is 9.87. The summed E-state index contributed by atoms with van der Waals surface area (Å²) in [5.74, 6) is 2.31. The molecule has 0 amide bonds. The third-order valence-electron chi connectivity index (χ3n) is 4.36. The molecule has 0 saturated heterocycles. The van der Waals surface area contributed by atoms with Gasteiger partial charge in [0.1, 0.15) is 16.5 Å². The smallest absolute Gasteiger partial charge is 0.197 e. The van der Waals surface area contributed by atoms with E-state index in [-0.39, 0.29) is 11.5 Å². The average molecular weight is 406 g/mol. The zero-order valence-corrected chi connectivity index (χ0v) is 16.7. The van der Waals surface area contributed by atoms with Gasteiger partial charge in [-0.2, -0.15) is 0 Å². The van der Waals surface area contributed by atoms with Crippen LogP contribution in [0.1, 0.15) is 10.4 Å². The van der Waals surface area contributed by atoms with Gasteiger partial charge in [-0.1, -0.05) is 30.0 Å². The van der Waals surface area contributed by atoms with Gasteiger partial charge in [0.25, 0.3) is 0 Å². The van der Waals surface area contributed by atoms with Crippen molar-refractivity contribution in [2.75, 3.05) is 20.0 Å². The summed E-state index contributed by atoms with van der Waals surface area (Å²) in [7, 11) is 3.10. The van der Waals surface area contributed by atoms with E-state index in [0.717, 1.165) is 15.9 Å². The van der Waals surface area contributed by atoms with Gasteiger partial charge in [-0.3, -0.25) is 4.79 Å². The van der Waals surface area contributed by atoms with E-state index in [4.69, 9.17) is 13.9 Å². The van der Waals surface area contributed by atoms with Crippen LogP contribution in [0.25, 0.3) is 22.5 Å². The number of fused-ring (bicyclic) bond motifs is 1. The summed E-state index contributed by atoms with van der Waals surface area (Å²) in [5.41, 5.74) is 1.27. The topological polar surface area (TPSA) is 74.5 Å². The van der Waals surface area contributed by atoms with Crippen LogP contribution in [0.2, 0.25) is 0 Å². The van der Waals surface area contributed by atoms with Crippen molar-refractivity contribution in [2.45, 2.75) is 5.03 Å². The number of methoxy groups -OCH3 is 2. The van der Waals surface area contributed by atoms with E-state index in [0.29, 0.717) is 28.6 Å². The molecule has 0 unspecified atom stereocenters. The minimum atomic E-state index is -0.0759. The Morgan fingerprint density at radius 2 is 1.90 bits per heavy atom. The number of para-hydroxylation sites is 1. The van der Waals surface area contributed by atoms with E-state index in [1.165, 1.54) is 11.8 Å². The van der Waals surface area contributed by atoms with Crippen LogP contribution in [-0.4, -0.2) is 35.7 Å². The van der Waals surface area contributed by atoms with E-state index < -0.39 is 0 Å². The number of ketones is 1. The van der Waals surface area contributed by atoms with Gasteiger partial charge >= 0.3 is 0 Å². The molecule has 2 aromatic carbocycles. The van der Waals surface area contributed by atoms with Gasteiger partial charge in [0.15, 0.2) is 17.4 Å². The maximum Gasteiger partial charge on any atom is 0.197 e. The number of nitrogens with zero attached hydrogens (tertiary/aromatic N) is 2. The summed E-state index contributed by atoms with van der Waals surface area (Å²) in [4.78, 5) is 22.1. The Bertz CT molecular complexity index is 1160. The summed E-state index contributed by atoms with van der Waals surface area (Å²) in [6.07, 6.45) is 1.58. The van der Waals surface area contributed by atoms with Gasteiger partial charge < -0.3 is 13.9 Å². The monoisotopic (exact) mass is 406 g/mol. The van der Waals surface area contributed by atoms with Crippen molar-refractivity contribution in [1.29, 1.82) is 0 Å². The Labute approximate surface area is 171 Å². The number of thioether (sulfide) groups is 1. The first-order valence-electron chi connectivity index (χ1n) is 8.88. The SMILES string of the molecule is COc1ccc(OC)c(C(=O)CSc2nc(-c3ccco3)nc3ccccc23)c1. The molecule has 0 fully saturated rings. The van der Waals surface area contributed by atoms with Crippen molar-refractivity contribution in [3.05, 3.63) is 66.4 Å². The van der Waals surface area contributed by atoms with Crippen molar-refractivity contribution < 1.29 is 18.7 Å². The second-order valence-corrected chi connectivity index (χ2v) is 7.09. The summed E-state index contributed by atoms with van der Waals surface area (Å²) in [6, 6.07) is 16.5. The summed E-state index contributed by atoms with van der Waals surface area (Å²) < 4.78 is 16.0. The van der Waals surface area contributed by atoms with Crippen molar-refractivity contribution in [2.24, 2.45) is 0 Å². The third kappa shape index (κ3) is 3.95. The molecule has 6 nitrogen and oxygen atoms in total. The Balaban J connectivity index is 1.65. The first kappa shape index (κ1) is 19.0. The highest BCUT2D eigenvalue weighted by Crippen LogP contribution is 2.31. The lowest BCUT2D eigenvalue weighted by molar-refractivity contribution is 0.101. The third-order valence-corrected chi connectivity index (χ3v) is 5.35. The van der Waals surface area contributed by atoms with Crippen LogP contribution in [0.15, 0.2) is 70.3 Å². The molecule has 0 N–H and O–H groups in total. The molecule has 2 aromatic heterocycles. The van der Waals surface area contributed by atoms with Gasteiger partial charge in [-0.15, -0.1) is 0 Å². The minimum absolute atomic E-state index is 0.0759. The number of rotatable bonds is 7. The molecule has 2 heterocycles. The van der Waals surface area contributed by atoms with E-state index in [9.17, 15) is 4.79 Å². The molecule has 0 bridgehead atoms. The van der Waals surface area contributed by atoms with Crippen LogP contribution < -0.4 is 9.47 Å². The zero-order valence-electron chi connectivity index (χ0n) is 15.9. The fraction of sp³-hybridized carbons (Fsp3) is 0.136. The lowest BCUT2D eigenvalue weighted by atomic mass is 10.1. The number of hydrogen-bond acceptors (Lipinski definition) is 7. The Morgan fingerprint density at radius 3 is 2.66 bits per heavy atom. The number of furan rings is 1. The molecule has 0 atom stereocenters. The Hall–Kier alpha value is -3.32. The van der Waals surface area contributed by atoms with Crippen LogP contribution >= 0.6 is 11.8 Å². The molecule has 0 spiro atoms. The molecule has 0 saturated carbocycles. The van der Waals surface area contributed by atoms with E-state index in [2.05, 4.69) is 9.97 Å². The average Bonchev–Trinajstić information content (AvgIpc) is 3.31. The van der Waals surface area contributed by atoms with Crippen LogP contribution in [0.5, 0.6) is 11.5 Å². The van der Waals surface area contributed by atoms with Crippen LogP contribution in [-0.2, 0) is 0 Å². The van der Waals surface area contributed by atoms with Gasteiger partial charge in [0.05, 0.1) is 37.3 Å². The fourth-order valence-corrected chi connectivity index (χ4v) is 3.82. The molecule has 4 aromatic rings. The van der Waals surface area contributed by atoms with Gasteiger partial charge in [0, 0.05) is 5.39 Å². The van der Waals surface area contributed by atoms with Crippen LogP contribution in [0, 0.1) is 0 Å². The lowest BCUT2D eigenvalue weighted by Gasteiger charge is -2.10. The quantitative estimate of drug-likeness (QED) is 0.246. The molecular formula is C22H18N2O4S. The molecule has 7 heteroatoms. The molecule has 0 aliphatic carbocycles. The van der Waals surface area contributed by atoms with Crippen molar-refractivity contribution >= 4 is 28.4 Å². The van der Waals surface area contributed by atoms with Crippen molar-refractivity contribution in [1.82, 2.24) is 9.97 Å². The number of carbonyl (C=O) groups is 1. The number of ether oxygens (including phenoxy) is 2. The van der Waals surface area contributed by atoms with Gasteiger partial charge in [0.2, 0.25) is 0 Å².